The summed E-state index contributed by atoms with van der Waals surface area (Å²) in [6.07, 6.45) is 3.55. The lowest BCUT2D eigenvalue weighted by Gasteiger charge is -2.01. The molecule has 0 amide bonds. The summed E-state index contributed by atoms with van der Waals surface area (Å²) in [6, 6.07) is 0. The van der Waals surface area contributed by atoms with Crippen LogP contribution in [-0.2, 0) is 16.3 Å². The minimum Gasteiger partial charge on any atom is -0.339 e. The molecule has 0 aliphatic rings. The average molecular weight is 247 g/mol. The van der Waals surface area contributed by atoms with Crippen molar-refractivity contribution in [3.05, 3.63) is 11.7 Å². The number of unbranched alkanes of at least 4 members (excludes halogenated alkanes) is 1. The van der Waals surface area contributed by atoms with Crippen LogP contribution in [0.15, 0.2) is 4.52 Å². The molecule has 1 rings (SSSR count). The highest BCUT2D eigenvalue weighted by Crippen LogP contribution is 2.17. The molecule has 0 saturated heterocycles. The Bertz CT molecular complexity index is 427. The van der Waals surface area contributed by atoms with Crippen LogP contribution in [0.2, 0.25) is 0 Å². The Morgan fingerprint density at radius 2 is 2.12 bits per heavy atom. The summed E-state index contributed by atoms with van der Waals surface area (Å²) in [6.45, 7) is 2.17. The van der Waals surface area contributed by atoms with Crippen LogP contribution in [0.4, 0.5) is 0 Å². The maximum atomic E-state index is 11.3. The van der Waals surface area contributed by atoms with Crippen molar-refractivity contribution in [3.8, 4) is 0 Å². The topological polar surface area (TPSA) is 99.1 Å². The lowest BCUT2D eigenvalue weighted by Crippen LogP contribution is -2.09. The zero-order valence-corrected chi connectivity index (χ0v) is 10.3. The van der Waals surface area contributed by atoms with Crippen molar-refractivity contribution in [2.75, 3.05) is 12.8 Å². The van der Waals surface area contributed by atoms with E-state index in [0.29, 0.717) is 18.9 Å². The molecular weight excluding hydrogens is 230 g/mol. The number of nitrogens with two attached hydrogens (primary N) is 1. The van der Waals surface area contributed by atoms with Crippen molar-refractivity contribution in [3.63, 3.8) is 0 Å². The van der Waals surface area contributed by atoms with Crippen molar-refractivity contribution in [1.82, 2.24) is 10.1 Å². The zero-order valence-electron chi connectivity index (χ0n) is 9.51. The maximum absolute atomic E-state index is 11.3. The van der Waals surface area contributed by atoms with Gasteiger partial charge in [-0.1, -0.05) is 5.16 Å². The third-order valence-electron chi connectivity index (χ3n) is 2.33. The van der Waals surface area contributed by atoms with Crippen molar-refractivity contribution in [2.24, 2.45) is 5.73 Å². The number of hydrogen-bond acceptors (Lipinski definition) is 6. The molecule has 0 radical (unpaired) electrons. The molecule has 6 nitrogen and oxygen atoms in total. The summed E-state index contributed by atoms with van der Waals surface area (Å²) >= 11 is 0. The summed E-state index contributed by atoms with van der Waals surface area (Å²) < 4.78 is 27.5. The van der Waals surface area contributed by atoms with Gasteiger partial charge in [0.15, 0.2) is 15.7 Å². The second kappa shape index (κ2) is 5.40. The molecule has 92 valence electrons. The van der Waals surface area contributed by atoms with Gasteiger partial charge in [-0.3, -0.25) is 0 Å². The highest BCUT2D eigenvalue weighted by Gasteiger charge is 2.22. The predicted molar refractivity (Wildman–Crippen MR) is 59.5 cm³/mol. The molecular formula is C9H17N3O3S. The van der Waals surface area contributed by atoms with Gasteiger partial charge in [0.25, 0.3) is 0 Å². The van der Waals surface area contributed by atoms with E-state index in [1.54, 1.807) is 6.92 Å². The molecule has 0 aliphatic heterocycles. The van der Waals surface area contributed by atoms with Gasteiger partial charge < -0.3 is 10.3 Å². The number of hydrogen-bond donors (Lipinski definition) is 1. The molecule has 0 aliphatic carbocycles. The van der Waals surface area contributed by atoms with Crippen molar-refractivity contribution in [1.29, 1.82) is 0 Å². The highest BCUT2D eigenvalue weighted by molar-refractivity contribution is 7.90. The standard InChI is InChI=1S/C9H17N3O3S/c1-7(16(2,13)14)9-11-8(15-12-9)5-3-4-6-10/h7H,3-6,10H2,1-2H3. The molecule has 1 aromatic rings. The Kier molecular flexibility index (Phi) is 4.43. The van der Waals surface area contributed by atoms with Gasteiger partial charge in [-0.2, -0.15) is 4.98 Å². The summed E-state index contributed by atoms with van der Waals surface area (Å²) in [7, 11) is -3.17. The lowest BCUT2D eigenvalue weighted by atomic mass is 10.2. The number of aromatic nitrogens is 2. The van der Waals surface area contributed by atoms with Crippen LogP contribution in [0.25, 0.3) is 0 Å². The molecule has 0 spiro atoms. The maximum Gasteiger partial charge on any atom is 0.226 e. The van der Waals surface area contributed by atoms with E-state index in [-0.39, 0.29) is 5.82 Å². The Labute approximate surface area is 95.1 Å². The normalized spacial score (nSPS) is 13.9. The number of nitrogens with zero attached hydrogens (tertiary/aromatic N) is 2. The van der Waals surface area contributed by atoms with Crippen LogP contribution in [0.5, 0.6) is 0 Å². The first-order chi connectivity index (χ1) is 7.45. The van der Waals surface area contributed by atoms with Crippen LogP contribution in [0.1, 0.15) is 36.7 Å². The lowest BCUT2D eigenvalue weighted by molar-refractivity contribution is 0.369. The second-order valence-corrected chi connectivity index (χ2v) is 6.13. The quantitative estimate of drug-likeness (QED) is 0.733. The van der Waals surface area contributed by atoms with E-state index in [9.17, 15) is 8.42 Å². The smallest absolute Gasteiger partial charge is 0.226 e. The third-order valence-corrected chi connectivity index (χ3v) is 3.83. The highest BCUT2D eigenvalue weighted by atomic mass is 32.2. The number of aryl methyl sites for hydroxylation is 1. The van der Waals surface area contributed by atoms with Gasteiger partial charge in [0.05, 0.1) is 0 Å². The van der Waals surface area contributed by atoms with Gasteiger partial charge in [-0.25, -0.2) is 8.42 Å². The molecule has 0 fully saturated rings. The van der Waals surface area contributed by atoms with E-state index in [0.717, 1.165) is 19.1 Å². The SMILES string of the molecule is CC(c1noc(CCCCN)n1)S(C)(=O)=O. The average Bonchev–Trinajstić information content (AvgIpc) is 2.64. The van der Waals surface area contributed by atoms with Crippen LogP contribution in [0, 0.1) is 0 Å². The number of rotatable bonds is 6. The van der Waals surface area contributed by atoms with Gasteiger partial charge >= 0.3 is 0 Å². The number of sulfone groups is 1. The first-order valence-corrected chi connectivity index (χ1v) is 7.12. The largest absolute Gasteiger partial charge is 0.339 e. The Morgan fingerprint density at radius 1 is 1.44 bits per heavy atom. The molecule has 1 heterocycles. The van der Waals surface area contributed by atoms with E-state index >= 15 is 0 Å². The molecule has 0 saturated carbocycles. The fourth-order valence-electron chi connectivity index (χ4n) is 1.15. The fourth-order valence-corrected chi connectivity index (χ4v) is 1.63. The first kappa shape index (κ1) is 13.1. The molecule has 2 N–H and O–H groups in total. The molecule has 1 atom stereocenters. The Morgan fingerprint density at radius 3 is 2.69 bits per heavy atom. The van der Waals surface area contributed by atoms with E-state index in [2.05, 4.69) is 10.1 Å². The van der Waals surface area contributed by atoms with E-state index in [4.69, 9.17) is 10.3 Å². The Hall–Kier alpha value is -0.950. The van der Waals surface area contributed by atoms with Crippen LogP contribution in [0.3, 0.4) is 0 Å². The Balaban J connectivity index is 2.64. The second-order valence-electron chi connectivity index (χ2n) is 3.76. The molecule has 1 unspecified atom stereocenters. The van der Waals surface area contributed by atoms with E-state index in [1.165, 1.54) is 0 Å². The van der Waals surface area contributed by atoms with E-state index < -0.39 is 15.1 Å². The monoisotopic (exact) mass is 247 g/mol. The third kappa shape index (κ3) is 3.57. The van der Waals surface area contributed by atoms with Gasteiger partial charge in [0.1, 0.15) is 5.25 Å². The van der Waals surface area contributed by atoms with Crippen LogP contribution >= 0.6 is 0 Å². The van der Waals surface area contributed by atoms with Gasteiger partial charge in [0.2, 0.25) is 5.89 Å². The van der Waals surface area contributed by atoms with Crippen LogP contribution in [-0.4, -0.2) is 31.4 Å². The minimum atomic E-state index is -3.17. The summed E-state index contributed by atoms with van der Waals surface area (Å²) in [5, 5.41) is 2.94. The fraction of sp³-hybridized carbons (Fsp3) is 0.778. The predicted octanol–water partition coefficient (Wildman–Crippen LogP) is 0.457. The summed E-state index contributed by atoms with van der Waals surface area (Å²) in [5.74, 6) is 0.698. The van der Waals surface area contributed by atoms with Crippen molar-refractivity contribution < 1.29 is 12.9 Å². The van der Waals surface area contributed by atoms with Gasteiger partial charge in [-0.15, -0.1) is 0 Å². The minimum absolute atomic E-state index is 0.227. The van der Waals surface area contributed by atoms with Gasteiger partial charge in [0, 0.05) is 12.7 Å². The van der Waals surface area contributed by atoms with E-state index in [1.807, 2.05) is 0 Å². The summed E-state index contributed by atoms with van der Waals surface area (Å²) in [5.41, 5.74) is 5.36. The van der Waals surface area contributed by atoms with Crippen molar-refractivity contribution in [2.45, 2.75) is 31.4 Å². The molecule has 7 heteroatoms. The van der Waals surface area contributed by atoms with Crippen LogP contribution < -0.4 is 5.73 Å². The van der Waals surface area contributed by atoms with Crippen molar-refractivity contribution >= 4 is 9.84 Å². The molecule has 0 aromatic carbocycles. The molecule has 0 bridgehead atoms. The summed E-state index contributed by atoms with van der Waals surface area (Å²) in [4.78, 5) is 4.05. The van der Waals surface area contributed by atoms with Gasteiger partial charge in [-0.05, 0) is 26.3 Å². The first-order valence-electron chi connectivity index (χ1n) is 5.16. The molecule has 16 heavy (non-hydrogen) atoms. The zero-order chi connectivity index (χ0) is 12.2. The molecule has 1 aromatic heterocycles.